The van der Waals surface area contributed by atoms with Crippen LogP contribution in [-0.4, -0.2) is 29.8 Å². The molecule has 0 radical (unpaired) electrons. The summed E-state index contributed by atoms with van der Waals surface area (Å²) in [5, 5.41) is 8.96. The number of hydrogen-bond donors (Lipinski definition) is 2. The summed E-state index contributed by atoms with van der Waals surface area (Å²) in [7, 11) is 0. The third-order valence-corrected chi connectivity index (χ3v) is 2.67. The van der Waals surface area contributed by atoms with Crippen LogP contribution in [0.2, 0.25) is 0 Å². The van der Waals surface area contributed by atoms with Crippen molar-refractivity contribution in [1.29, 1.82) is 0 Å². The Bertz CT molecular complexity index is 442. The van der Waals surface area contributed by atoms with Gasteiger partial charge in [-0.05, 0) is 24.6 Å². The Labute approximate surface area is 99.1 Å². The van der Waals surface area contributed by atoms with Gasteiger partial charge in [-0.3, -0.25) is 4.79 Å². The van der Waals surface area contributed by atoms with Crippen LogP contribution in [0.5, 0.6) is 11.5 Å². The first kappa shape index (κ1) is 11.7. The first-order valence-electron chi connectivity index (χ1n) is 5.40. The van der Waals surface area contributed by atoms with Gasteiger partial charge in [-0.1, -0.05) is 6.07 Å². The lowest BCUT2D eigenvalue weighted by atomic mass is 9.94. The molecular weight excluding hydrogens is 222 g/mol. The molecule has 1 aromatic carbocycles. The van der Waals surface area contributed by atoms with Crippen molar-refractivity contribution in [2.45, 2.75) is 18.9 Å². The molecule has 1 aromatic rings. The van der Waals surface area contributed by atoms with E-state index in [2.05, 4.69) is 0 Å². The fourth-order valence-corrected chi connectivity index (χ4v) is 1.70. The quantitative estimate of drug-likeness (QED) is 0.812. The Morgan fingerprint density at radius 2 is 2.06 bits per heavy atom. The molecule has 0 amide bonds. The summed E-state index contributed by atoms with van der Waals surface area (Å²) < 4.78 is 10.8. The van der Waals surface area contributed by atoms with Gasteiger partial charge in [0.2, 0.25) is 0 Å². The van der Waals surface area contributed by atoms with Crippen molar-refractivity contribution in [3.05, 3.63) is 23.8 Å². The summed E-state index contributed by atoms with van der Waals surface area (Å²) in [6.45, 7) is 2.54. The molecule has 1 unspecified atom stereocenters. The molecule has 1 heterocycles. The summed E-state index contributed by atoms with van der Waals surface area (Å²) in [5.74, 6) is 0.316. The standard InChI is InChI=1S/C12H15NO4/c1-12(13,11(14)15)7-8-2-3-9-10(6-8)17-5-4-16-9/h2-3,6H,4-5,7,13H2,1H3,(H,14,15). The Kier molecular flexibility index (Phi) is 2.93. The van der Waals surface area contributed by atoms with Crippen molar-refractivity contribution in [3.8, 4) is 11.5 Å². The van der Waals surface area contributed by atoms with Crippen molar-refractivity contribution in [3.63, 3.8) is 0 Å². The third-order valence-electron chi connectivity index (χ3n) is 2.67. The summed E-state index contributed by atoms with van der Waals surface area (Å²) in [4.78, 5) is 10.9. The van der Waals surface area contributed by atoms with Crippen LogP contribution in [0.4, 0.5) is 0 Å². The highest BCUT2D eigenvalue weighted by Crippen LogP contribution is 2.31. The molecular formula is C12H15NO4. The molecule has 2 rings (SSSR count). The van der Waals surface area contributed by atoms with E-state index in [4.69, 9.17) is 20.3 Å². The topological polar surface area (TPSA) is 81.8 Å². The van der Waals surface area contributed by atoms with Crippen molar-refractivity contribution < 1.29 is 19.4 Å². The van der Waals surface area contributed by atoms with Crippen LogP contribution in [0.1, 0.15) is 12.5 Å². The number of rotatable bonds is 3. The number of benzene rings is 1. The van der Waals surface area contributed by atoms with Crippen molar-refractivity contribution >= 4 is 5.97 Å². The van der Waals surface area contributed by atoms with E-state index < -0.39 is 11.5 Å². The zero-order chi connectivity index (χ0) is 12.5. The predicted molar refractivity (Wildman–Crippen MR) is 61.4 cm³/mol. The van der Waals surface area contributed by atoms with E-state index in [-0.39, 0.29) is 6.42 Å². The predicted octanol–water partition coefficient (Wildman–Crippen LogP) is 0.802. The van der Waals surface area contributed by atoms with Gasteiger partial charge >= 0.3 is 5.97 Å². The van der Waals surface area contributed by atoms with Crippen LogP contribution >= 0.6 is 0 Å². The average Bonchev–Trinajstić information content (AvgIpc) is 2.28. The fourth-order valence-electron chi connectivity index (χ4n) is 1.70. The van der Waals surface area contributed by atoms with E-state index in [1.165, 1.54) is 6.92 Å². The van der Waals surface area contributed by atoms with Crippen LogP contribution in [0.25, 0.3) is 0 Å². The molecule has 0 spiro atoms. The second-order valence-corrected chi connectivity index (χ2v) is 4.38. The van der Waals surface area contributed by atoms with E-state index in [1.807, 2.05) is 6.07 Å². The Hall–Kier alpha value is -1.75. The highest BCUT2D eigenvalue weighted by Gasteiger charge is 2.28. The second kappa shape index (κ2) is 4.25. The Morgan fingerprint density at radius 1 is 1.41 bits per heavy atom. The summed E-state index contributed by atoms with van der Waals surface area (Å²) in [6, 6.07) is 5.37. The third kappa shape index (κ3) is 2.50. The summed E-state index contributed by atoms with van der Waals surface area (Å²) >= 11 is 0. The highest BCUT2D eigenvalue weighted by molar-refractivity contribution is 5.78. The normalized spacial score (nSPS) is 17.3. The van der Waals surface area contributed by atoms with Gasteiger partial charge in [-0.15, -0.1) is 0 Å². The number of fused-ring (bicyclic) bond motifs is 1. The minimum absolute atomic E-state index is 0.249. The van der Waals surface area contributed by atoms with E-state index in [0.29, 0.717) is 24.7 Å². The van der Waals surface area contributed by atoms with Gasteiger partial charge in [0.15, 0.2) is 11.5 Å². The minimum Gasteiger partial charge on any atom is -0.486 e. The number of carboxylic acid groups (broad SMARTS) is 1. The largest absolute Gasteiger partial charge is 0.486 e. The lowest BCUT2D eigenvalue weighted by molar-refractivity contribution is -0.142. The van der Waals surface area contributed by atoms with Crippen LogP contribution in [0.3, 0.4) is 0 Å². The number of carboxylic acids is 1. The molecule has 0 saturated carbocycles. The van der Waals surface area contributed by atoms with E-state index in [0.717, 1.165) is 5.56 Å². The van der Waals surface area contributed by atoms with Gasteiger partial charge in [-0.25, -0.2) is 0 Å². The average molecular weight is 237 g/mol. The Morgan fingerprint density at radius 3 is 2.71 bits per heavy atom. The van der Waals surface area contributed by atoms with Crippen molar-refractivity contribution in [1.82, 2.24) is 0 Å². The van der Waals surface area contributed by atoms with E-state index >= 15 is 0 Å². The molecule has 3 N–H and O–H groups in total. The van der Waals surface area contributed by atoms with Crippen LogP contribution in [0, 0.1) is 0 Å². The lowest BCUT2D eigenvalue weighted by Gasteiger charge is -2.22. The zero-order valence-corrected chi connectivity index (χ0v) is 9.60. The minimum atomic E-state index is -1.27. The zero-order valence-electron chi connectivity index (χ0n) is 9.60. The summed E-state index contributed by atoms with van der Waals surface area (Å²) in [5.41, 5.74) is 5.24. The maximum Gasteiger partial charge on any atom is 0.323 e. The molecule has 0 aliphatic carbocycles. The van der Waals surface area contributed by atoms with Gasteiger partial charge in [0.05, 0.1) is 0 Å². The van der Waals surface area contributed by atoms with E-state index in [9.17, 15) is 4.79 Å². The maximum absolute atomic E-state index is 10.9. The molecule has 0 bridgehead atoms. The number of carbonyl (C=O) groups is 1. The SMILES string of the molecule is CC(N)(Cc1ccc2c(c1)OCCO2)C(=O)O. The van der Waals surface area contributed by atoms with Crippen molar-refractivity contribution in [2.24, 2.45) is 5.73 Å². The maximum atomic E-state index is 10.9. The Balaban J connectivity index is 2.20. The van der Waals surface area contributed by atoms with Crippen LogP contribution in [-0.2, 0) is 11.2 Å². The first-order chi connectivity index (χ1) is 7.99. The number of hydrogen-bond acceptors (Lipinski definition) is 4. The number of aliphatic carboxylic acids is 1. The molecule has 5 nitrogen and oxygen atoms in total. The van der Waals surface area contributed by atoms with Crippen molar-refractivity contribution in [2.75, 3.05) is 13.2 Å². The van der Waals surface area contributed by atoms with Crippen LogP contribution < -0.4 is 15.2 Å². The smallest absolute Gasteiger partial charge is 0.323 e. The molecule has 17 heavy (non-hydrogen) atoms. The monoisotopic (exact) mass is 237 g/mol. The fraction of sp³-hybridized carbons (Fsp3) is 0.417. The molecule has 0 fully saturated rings. The number of nitrogens with two attached hydrogens (primary N) is 1. The lowest BCUT2D eigenvalue weighted by Crippen LogP contribution is -2.46. The van der Waals surface area contributed by atoms with Gasteiger partial charge in [0, 0.05) is 6.42 Å². The van der Waals surface area contributed by atoms with Gasteiger partial charge in [0.25, 0.3) is 0 Å². The van der Waals surface area contributed by atoms with E-state index in [1.54, 1.807) is 12.1 Å². The van der Waals surface area contributed by atoms with Crippen LogP contribution in [0.15, 0.2) is 18.2 Å². The highest BCUT2D eigenvalue weighted by atomic mass is 16.6. The number of ether oxygens (including phenoxy) is 2. The molecule has 1 aliphatic rings. The van der Waals surface area contributed by atoms with Gasteiger partial charge in [-0.2, -0.15) is 0 Å². The molecule has 1 aliphatic heterocycles. The molecule has 92 valence electrons. The first-order valence-corrected chi connectivity index (χ1v) is 5.40. The molecule has 0 saturated heterocycles. The molecule has 1 atom stereocenters. The molecule has 0 aromatic heterocycles. The van der Waals surface area contributed by atoms with Gasteiger partial charge in [0.1, 0.15) is 18.8 Å². The second-order valence-electron chi connectivity index (χ2n) is 4.38. The molecule has 5 heteroatoms. The summed E-state index contributed by atoms with van der Waals surface area (Å²) in [6.07, 6.45) is 0.249. The van der Waals surface area contributed by atoms with Gasteiger partial charge < -0.3 is 20.3 Å².